The Bertz CT molecular complexity index is 331. The highest BCUT2D eigenvalue weighted by atomic mass is 16.3. The SMILES string of the molecule is CCCc1nc(NN)cc(N(C)CCO)n1. The van der Waals surface area contributed by atoms with Crippen LogP contribution in [0, 0.1) is 0 Å². The Balaban J connectivity index is 2.93. The molecule has 0 spiro atoms. The van der Waals surface area contributed by atoms with Gasteiger partial charge in [0.1, 0.15) is 17.5 Å². The molecule has 0 unspecified atom stereocenters. The van der Waals surface area contributed by atoms with Gasteiger partial charge < -0.3 is 15.4 Å². The van der Waals surface area contributed by atoms with Crippen molar-refractivity contribution in [2.45, 2.75) is 19.8 Å². The Morgan fingerprint density at radius 2 is 2.25 bits per heavy atom. The number of nitrogen functional groups attached to an aromatic ring is 1. The number of hydrazine groups is 1. The molecule has 0 radical (unpaired) electrons. The Labute approximate surface area is 95.5 Å². The Hall–Kier alpha value is -1.40. The average molecular weight is 225 g/mol. The zero-order valence-corrected chi connectivity index (χ0v) is 9.77. The van der Waals surface area contributed by atoms with Crippen LogP contribution in [-0.2, 0) is 6.42 Å². The van der Waals surface area contributed by atoms with Gasteiger partial charge in [0.05, 0.1) is 6.61 Å². The van der Waals surface area contributed by atoms with Gasteiger partial charge in [0.2, 0.25) is 0 Å². The Morgan fingerprint density at radius 3 is 2.81 bits per heavy atom. The van der Waals surface area contributed by atoms with E-state index in [1.165, 1.54) is 0 Å². The number of anilines is 2. The van der Waals surface area contributed by atoms with Gasteiger partial charge in [0.15, 0.2) is 0 Å². The maximum Gasteiger partial charge on any atom is 0.145 e. The molecule has 0 aliphatic rings. The molecule has 0 atom stereocenters. The molecule has 1 rings (SSSR count). The van der Waals surface area contributed by atoms with Gasteiger partial charge in [0, 0.05) is 26.1 Å². The first kappa shape index (κ1) is 12.7. The number of nitrogens with one attached hydrogen (secondary N) is 1. The van der Waals surface area contributed by atoms with Crippen molar-refractivity contribution in [3.8, 4) is 0 Å². The lowest BCUT2D eigenvalue weighted by Gasteiger charge is -2.18. The number of hydrogen-bond donors (Lipinski definition) is 3. The normalized spacial score (nSPS) is 10.2. The fraction of sp³-hybridized carbons (Fsp3) is 0.600. The molecule has 0 bridgehead atoms. The number of aromatic nitrogens is 2. The van der Waals surface area contributed by atoms with Gasteiger partial charge in [-0.05, 0) is 6.42 Å². The second-order valence-corrected chi connectivity index (χ2v) is 3.57. The number of likely N-dealkylation sites (N-methyl/N-ethyl adjacent to an activating group) is 1. The van der Waals surface area contributed by atoms with Crippen molar-refractivity contribution in [1.82, 2.24) is 9.97 Å². The van der Waals surface area contributed by atoms with Gasteiger partial charge in [-0.15, -0.1) is 0 Å². The number of aliphatic hydroxyl groups is 1. The van der Waals surface area contributed by atoms with Crippen LogP contribution < -0.4 is 16.2 Å². The van der Waals surface area contributed by atoms with Crippen LogP contribution in [0.1, 0.15) is 19.2 Å². The van der Waals surface area contributed by atoms with E-state index in [1.807, 2.05) is 11.9 Å². The van der Waals surface area contributed by atoms with Gasteiger partial charge in [-0.3, -0.25) is 0 Å². The summed E-state index contributed by atoms with van der Waals surface area (Å²) in [6, 6.07) is 1.76. The number of aliphatic hydroxyl groups excluding tert-OH is 1. The minimum atomic E-state index is 0.0923. The molecular weight excluding hydrogens is 206 g/mol. The molecule has 16 heavy (non-hydrogen) atoms. The fourth-order valence-corrected chi connectivity index (χ4v) is 1.35. The van der Waals surface area contributed by atoms with Crippen molar-refractivity contribution in [3.05, 3.63) is 11.9 Å². The molecule has 1 aromatic heterocycles. The van der Waals surface area contributed by atoms with Crippen molar-refractivity contribution in [2.24, 2.45) is 5.84 Å². The highest BCUT2D eigenvalue weighted by molar-refractivity contribution is 5.48. The largest absolute Gasteiger partial charge is 0.395 e. The molecule has 0 fully saturated rings. The smallest absolute Gasteiger partial charge is 0.145 e. The van der Waals surface area contributed by atoms with Gasteiger partial charge >= 0.3 is 0 Å². The third-order valence-electron chi connectivity index (χ3n) is 2.21. The summed E-state index contributed by atoms with van der Waals surface area (Å²) in [6.45, 7) is 2.70. The average Bonchev–Trinajstić information content (AvgIpc) is 2.29. The Morgan fingerprint density at radius 1 is 1.50 bits per heavy atom. The predicted molar refractivity (Wildman–Crippen MR) is 64.2 cm³/mol. The van der Waals surface area contributed by atoms with Gasteiger partial charge in [-0.25, -0.2) is 15.8 Å². The Kier molecular flexibility index (Phi) is 4.94. The van der Waals surface area contributed by atoms with Crippen LogP contribution in [0.15, 0.2) is 6.07 Å². The van der Waals surface area contributed by atoms with Crippen LogP contribution in [0.4, 0.5) is 11.6 Å². The molecule has 0 saturated carbocycles. The summed E-state index contributed by atoms with van der Waals surface area (Å²) < 4.78 is 0. The van der Waals surface area contributed by atoms with Crippen LogP contribution in [0.25, 0.3) is 0 Å². The minimum Gasteiger partial charge on any atom is -0.395 e. The molecule has 0 amide bonds. The number of nitrogens with zero attached hydrogens (tertiary/aromatic N) is 3. The van der Waals surface area contributed by atoms with E-state index in [0.717, 1.165) is 24.5 Å². The molecule has 4 N–H and O–H groups in total. The lowest BCUT2D eigenvalue weighted by atomic mass is 10.3. The zero-order valence-electron chi connectivity index (χ0n) is 9.77. The molecule has 0 aliphatic heterocycles. The lowest BCUT2D eigenvalue weighted by Crippen LogP contribution is -2.23. The van der Waals surface area contributed by atoms with Gasteiger partial charge in [-0.2, -0.15) is 0 Å². The fourth-order valence-electron chi connectivity index (χ4n) is 1.35. The summed E-state index contributed by atoms with van der Waals surface area (Å²) in [5, 5.41) is 8.87. The summed E-state index contributed by atoms with van der Waals surface area (Å²) in [4.78, 5) is 10.5. The van der Waals surface area contributed by atoms with Crippen LogP contribution in [0.2, 0.25) is 0 Å². The van der Waals surface area contributed by atoms with E-state index >= 15 is 0 Å². The molecule has 0 aliphatic carbocycles. The quantitative estimate of drug-likeness (QED) is 0.471. The second-order valence-electron chi connectivity index (χ2n) is 3.57. The number of rotatable bonds is 6. The van der Waals surface area contributed by atoms with Crippen LogP contribution in [0.3, 0.4) is 0 Å². The van der Waals surface area contributed by atoms with Crippen molar-refractivity contribution in [2.75, 3.05) is 30.5 Å². The number of hydrogen-bond acceptors (Lipinski definition) is 6. The summed E-state index contributed by atoms with van der Waals surface area (Å²) in [7, 11) is 1.87. The highest BCUT2D eigenvalue weighted by Crippen LogP contribution is 2.14. The van der Waals surface area contributed by atoms with Crippen LogP contribution in [0.5, 0.6) is 0 Å². The highest BCUT2D eigenvalue weighted by Gasteiger charge is 2.07. The lowest BCUT2D eigenvalue weighted by molar-refractivity contribution is 0.304. The standard InChI is InChI=1S/C10H19N5O/c1-3-4-8-12-9(14-11)7-10(13-8)15(2)5-6-16/h7,16H,3-6,11H2,1-2H3,(H,12,13,14). The second kappa shape index (κ2) is 6.24. The topological polar surface area (TPSA) is 87.3 Å². The first-order valence-electron chi connectivity index (χ1n) is 5.37. The van der Waals surface area contributed by atoms with Crippen molar-refractivity contribution in [1.29, 1.82) is 0 Å². The first-order chi connectivity index (χ1) is 7.71. The van der Waals surface area contributed by atoms with Crippen LogP contribution in [-0.4, -0.2) is 35.3 Å². The monoisotopic (exact) mass is 225 g/mol. The van der Waals surface area contributed by atoms with E-state index in [-0.39, 0.29) is 6.61 Å². The maximum absolute atomic E-state index is 8.87. The van der Waals surface area contributed by atoms with E-state index in [4.69, 9.17) is 10.9 Å². The molecule has 6 nitrogen and oxygen atoms in total. The summed E-state index contributed by atoms with van der Waals surface area (Å²) >= 11 is 0. The molecule has 90 valence electrons. The third kappa shape index (κ3) is 3.32. The minimum absolute atomic E-state index is 0.0923. The van der Waals surface area contributed by atoms with Crippen molar-refractivity contribution >= 4 is 11.6 Å². The van der Waals surface area contributed by atoms with Gasteiger partial charge in [-0.1, -0.05) is 6.92 Å². The van der Waals surface area contributed by atoms with E-state index in [1.54, 1.807) is 6.07 Å². The molecule has 0 saturated heterocycles. The van der Waals surface area contributed by atoms with Gasteiger partial charge in [0.25, 0.3) is 0 Å². The molecule has 6 heteroatoms. The van der Waals surface area contributed by atoms with E-state index in [0.29, 0.717) is 12.4 Å². The summed E-state index contributed by atoms with van der Waals surface area (Å²) in [5.74, 6) is 7.47. The summed E-state index contributed by atoms with van der Waals surface area (Å²) in [5.41, 5.74) is 2.52. The van der Waals surface area contributed by atoms with Crippen molar-refractivity contribution < 1.29 is 5.11 Å². The number of aryl methyl sites for hydroxylation is 1. The van der Waals surface area contributed by atoms with Crippen LogP contribution >= 0.6 is 0 Å². The first-order valence-corrected chi connectivity index (χ1v) is 5.37. The predicted octanol–water partition coefficient (Wildman–Crippen LogP) is 0.143. The third-order valence-corrected chi connectivity index (χ3v) is 2.21. The van der Waals surface area contributed by atoms with E-state index in [2.05, 4.69) is 22.3 Å². The van der Waals surface area contributed by atoms with Crippen molar-refractivity contribution in [3.63, 3.8) is 0 Å². The summed E-state index contributed by atoms with van der Waals surface area (Å²) in [6.07, 6.45) is 1.80. The molecule has 0 aromatic carbocycles. The van der Waals surface area contributed by atoms with E-state index < -0.39 is 0 Å². The zero-order chi connectivity index (χ0) is 12.0. The molecule has 1 heterocycles. The van der Waals surface area contributed by atoms with E-state index in [9.17, 15) is 0 Å². The molecule has 1 aromatic rings. The molecular formula is C10H19N5O. The maximum atomic E-state index is 8.87. The number of nitrogens with two attached hydrogens (primary N) is 1.